The Morgan fingerprint density at radius 2 is 2.70 bits per heavy atom. The molecule has 0 aliphatic rings. The number of hydrogen-bond acceptors (Lipinski definition) is 4. The first kappa shape index (κ1) is 6.73. The molecule has 1 radical (unpaired) electrons. The van der Waals surface area contributed by atoms with Crippen molar-refractivity contribution in [2.24, 2.45) is 0 Å². The summed E-state index contributed by atoms with van der Waals surface area (Å²) in [5, 5.41) is 9.45. The molecule has 1 heterocycles. The fraction of sp³-hybridized carbons (Fsp3) is 0.200. The second kappa shape index (κ2) is 2.95. The van der Waals surface area contributed by atoms with Crippen LogP contribution in [0.25, 0.3) is 0 Å². The zero-order valence-electron chi connectivity index (χ0n) is 5.20. The lowest BCUT2D eigenvalue weighted by atomic mass is 10.3. The van der Waals surface area contributed by atoms with Crippen LogP contribution in [0.1, 0.15) is 5.69 Å². The van der Waals surface area contributed by atoms with E-state index in [-0.39, 0.29) is 6.42 Å². The molecular weight excluding hydrogens is 134 g/mol. The molecule has 0 fully saturated rings. The third-order valence-electron chi connectivity index (χ3n) is 0.954. The van der Waals surface area contributed by atoms with Crippen molar-refractivity contribution in [1.82, 2.24) is 15.4 Å². The molecule has 0 aliphatic heterocycles. The molecule has 5 heteroatoms. The van der Waals surface area contributed by atoms with Crippen LogP contribution in [0.5, 0.6) is 0 Å². The summed E-state index contributed by atoms with van der Waals surface area (Å²) in [6.07, 6.45) is 1.64. The molecule has 0 bridgehead atoms. The molecule has 10 heavy (non-hydrogen) atoms. The zero-order valence-corrected chi connectivity index (χ0v) is 5.20. The van der Waals surface area contributed by atoms with Crippen molar-refractivity contribution < 1.29 is 9.53 Å². The van der Waals surface area contributed by atoms with Crippen molar-refractivity contribution in [2.75, 3.05) is 0 Å². The Kier molecular flexibility index (Phi) is 1.99. The zero-order chi connectivity index (χ0) is 7.40. The molecule has 0 saturated heterocycles. The van der Waals surface area contributed by atoms with Crippen molar-refractivity contribution in [2.45, 2.75) is 6.42 Å². The maximum absolute atomic E-state index is 10.5. The first-order chi connectivity index (χ1) is 4.83. The van der Waals surface area contributed by atoms with Crippen LogP contribution < -0.4 is 0 Å². The summed E-state index contributed by atoms with van der Waals surface area (Å²) < 4.78 is 4.15. The van der Waals surface area contributed by atoms with Gasteiger partial charge >= 0.3 is 5.97 Å². The van der Waals surface area contributed by atoms with E-state index in [4.69, 9.17) is 0 Å². The molecule has 0 unspecified atom stereocenters. The van der Waals surface area contributed by atoms with Gasteiger partial charge in [0.15, 0.2) is 0 Å². The Morgan fingerprint density at radius 3 is 3.20 bits per heavy atom. The van der Waals surface area contributed by atoms with Crippen LogP contribution in [0.4, 0.5) is 0 Å². The molecule has 1 aromatic heterocycles. The van der Waals surface area contributed by atoms with E-state index in [1.807, 2.05) is 0 Å². The highest BCUT2D eigenvalue weighted by molar-refractivity contribution is 5.71. The fourth-order valence-electron chi connectivity index (χ4n) is 0.511. The van der Waals surface area contributed by atoms with Gasteiger partial charge in [-0.25, -0.2) is 0 Å². The SMILES string of the molecule is [CH2]OC(=O)Cc1c[nH]nn1. The number of aromatic nitrogens is 3. The van der Waals surface area contributed by atoms with Gasteiger partial charge in [0, 0.05) is 6.20 Å². The predicted octanol–water partition coefficient (Wildman–Crippen LogP) is -0.318. The Bertz CT molecular complexity index is 207. The monoisotopic (exact) mass is 140 g/mol. The van der Waals surface area contributed by atoms with Gasteiger partial charge in [0.05, 0.1) is 12.1 Å². The molecule has 0 amide bonds. The first-order valence-electron chi connectivity index (χ1n) is 2.63. The first-order valence-corrected chi connectivity index (χ1v) is 2.63. The van der Waals surface area contributed by atoms with Gasteiger partial charge in [-0.05, 0) is 0 Å². The van der Waals surface area contributed by atoms with Crippen LogP contribution in [0.3, 0.4) is 0 Å². The highest BCUT2D eigenvalue weighted by Crippen LogP contribution is 1.91. The number of carbonyl (C=O) groups is 1. The molecule has 1 N–H and O–H groups in total. The number of ether oxygens (including phenoxy) is 1. The van der Waals surface area contributed by atoms with Crippen LogP contribution in [0, 0.1) is 7.11 Å². The van der Waals surface area contributed by atoms with Crippen molar-refractivity contribution in [3.05, 3.63) is 19.0 Å². The largest absolute Gasteiger partial charge is 0.462 e. The van der Waals surface area contributed by atoms with Gasteiger partial charge in [-0.15, -0.1) is 5.10 Å². The molecule has 1 aromatic rings. The lowest BCUT2D eigenvalue weighted by Gasteiger charge is -1.91. The van der Waals surface area contributed by atoms with Gasteiger partial charge in [-0.3, -0.25) is 9.89 Å². The van der Waals surface area contributed by atoms with E-state index in [0.717, 1.165) is 0 Å². The van der Waals surface area contributed by atoms with Crippen LogP contribution in [-0.4, -0.2) is 21.4 Å². The number of H-pyrrole nitrogens is 1. The second-order valence-corrected chi connectivity index (χ2v) is 1.66. The maximum atomic E-state index is 10.5. The topological polar surface area (TPSA) is 67.9 Å². The molecule has 5 nitrogen and oxygen atoms in total. The molecule has 0 spiro atoms. The highest BCUT2D eigenvalue weighted by Gasteiger charge is 2.03. The summed E-state index contributed by atoms with van der Waals surface area (Å²) in [5.41, 5.74) is 0.550. The van der Waals surface area contributed by atoms with E-state index in [1.165, 1.54) is 6.20 Å². The standard InChI is InChI=1S/C5H6N3O2/c1-10-5(9)2-4-3-6-8-7-4/h3H,1-2H2,(H,6,7,8). The molecule has 0 atom stereocenters. The summed E-state index contributed by atoms with van der Waals surface area (Å²) in [7, 11) is 2.96. The summed E-state index contributed by atoms with van der Waals surface area (Å²) in [6, 6.07) is 0. The van der Waals surface area contributed by atoms with E-state index >= 15 is 0 Å². The third kappa shape index (κ3) is 1.54. The minimum atomic E-state index is -0.422. The van der Waals surface area contributed by atoms with Gasteiger partial charge < -0.3 is 4.74 Å². The smallest absolute Gasteiger partial charge is 0.312 e. The van der Waals surface area contributed by atoms with Crippen LogP contribution >= 0.6 is 0 Å². The van der Waals surface area contributed by atoms with Gasteiger partial charge in [0.1, 0.15) is 7.11 Å². The van der Waals surface area contributed by atoms with Crippen molar-refractivity contribution in [1.29, 1.82) is 0 Å². The Morgan fingerprint density at radius 1 is 1.90 bits per heavy atom. The van der Waals surface area contributed by atoms with Crippen molar-refractivity contribution >= 4 is 5.97 Å². The summed E-state index contributed by atoms with van der Waals surface area (Å²) >= 11 is 0. The van der Waals surface area contributed by atoms with E-state index < -0.39 is 5.97 Å². The van der Waals surface area contributed by atoms with Crippen LogP contribution in [0.15, 0.2) is 6.20 Å². The van der Waals surface area contributed by atoms with Gasteiger partial charge in [-0.2, -0.15) is 0 Å². The number of esters is 1. The average Bonchev–Trinajstić information content (AvgIpc) is 2.40. The molecule has 53 valence electrons. The normalized spacial score (nSPS) is 9.30. The Labute approximate surface area is 57.4 Å². The number of carbonyl (C=O) groups excluding carboxylic acids is 1. The van der Waals surface area contributed by atoms with Crippen molar-refractivity contribution in [3.63, 3.8) is 0 Å². The summed E-state index contributed by atoms with van der Waals surface area (Å²) in [6.45, 7) is 0. The number of hydrogen-bond donors (Lipinski definition) is 1. The lowest BCUT2D eigenvalue weighted by molar-refractivity contribution is -0.137. The highest BCUT2D eigenvalue weighted by atomic mass is 16.5. The quantitative estimate of drug-likeness (QED) is 0.572. The number of nitrogens with one attached hydrogen (secondary N) is 1. The minimum absolute atomic E-state index is 0.111. The molecule has 1 rings (SSSR count). The number of aromatic amines is 1. The maximum Gasteiger partial charge on any atom is 0.312 e. The summed E-state index contributed by atoms with van der Waals surface area (Å²) in [4.78, 5) is 10.5. The second-order valence-electron chi connectivity index (χ2n) is 1.66. The van der Waals surface area contributed by atoms with E-state index in [1.54, 1.807) is 0 Å². The third-order valence-corrected chi connectivity index (χ3v) is 0.954. The molecule has 0 aromatic carbocycles. The molecule has 0 saturated carbocycles. The number of nitrogens with zero attached hydrogens (tertiary/aromatic N) is 2. The fourth-order valence-corrected chi connectivity index (χ4v) is 0.511. The number of rotatable bonds is 2. The van der Waals surface area contributed by atoms with E-state index in [9.17, 15) is 4.79 Å². The van der Waals surface area contributed by atoms with E-state index in [0.29, 0.717) is 5.69 Å². The van der Waals surface area contributed by atoms with Gasteiger partial charge in [-0.1, -0.05) is 5.21 Å². The van der Waals surface area contributed by atoms with Crippen molar-refractivity contribution in [3.8, 4) is 0 Å². The van der Waals surface area contributed by atoms with Gasteiger partial charge in [0.25, 0.3) is 0 Å². The van der Waals surface area contributed by atoms with Crippen LogP contribution in [0.2, 0.25) is 0 Å². The molecule has 0 aliphatic carbocycles. The van der Waals surface area contributed by atoms with Crippen LogP contribution in [-0.2, 0) is 16.0 Å². The Balaban J connectivity index is 2.48. The van der Waals surface area contributed by atoms with Gasteiger partial charge in [0.2, 0.25) is 0 Å². The minimum Gasteiger partial charge on any atom is -0.462 e. The Hall–Kier alpha value is -1.39. The molecular formula is C5H6N3O2. The van der Waals surface area contributed by atoms with E-state index in [2.05, 4.69) is 27.3 Å². The summed E-state index contributed by atoms with van der Waals surface area (Å²) in [5.74, 6) is -0.422. The predicted molar refractivity (Wildman–Crippen MR) is 31.5 cm³/mol. The lowest BCUT2D eigenvalue weighted by Crippen LogP contribution is -2.03. The average molecular weight is 140 g/mol.